The quantitative estimate of drug-likeness (QED) is 0.732. The number of pyridine rings is 1. The molecule has 27 heavy (non-hydrogen) atoms. The van der Waals surface area contributed by atoms with Crippen LogP contribution in [0.1, 0.15) is 27.0 Å². The molecule has 0 fully saturated rings. The first kappa shape index (κ1) is 17.1. The van der Waals surface area contributed by atoms with Crippen LogP contribution in [-0.4, -0.2) is 22.6 Å². The molecule has 2 heterocycles. The summed E-state index contributed by atoms with van der Waals surface area (Å²) in [4.78, 5) is 17.6. The number of aryl methyl sites for hydroxylation is 1. The van der Waals surface area contributed by atoms with Gasteiger partial charge in [0.2, 0.25) is 0 Å². The number of hydrogen-bond donors (Lipinski definition) is 1. The third kappa shape index (κ3) is 3.62. The molecule has 2 aromatic carbocycles. The standard InChI is InChI=1S/C22H20N2O3/c1-15-2-4-16(5-3-15)14-27-20-11-19(12-23-13-20)24-9-8-17-10-18(22(25)26)6-7-21(17)24/h2-7,10-13H,8-9,14H2,1H3,(H,25,26). The molecule has 0 unspecified atom stereocenters. The van der Waals surface area contributed by atoms with Gasteiger partial charge in [0.1, 0.15) is 12.4 Å². The summed E-state index contributed by atoms with van der Waals surface area (Å²) in [5.74, 6) is -0.187. The van der Waals surface area contributed by atoms with Crippen molar-refractivity contribution < 1.29 is 14.6 Å². The van der Waals surface area contributed by atoms with Crippen molar-refractivity contribution in [2.75, 3.05) is 11.4 Å². The predicted octanol–water partition coefficient (Wildman–Crippen LogP) is 4.36. The van der Waals surface area contributed by atoms with E-state index in [0.717, 1.165) is 35.5 Å². The summed E-state index contributed by atoms with van der Waals surface area (Å²) in [5, 5.41) is 9.16. The molecule has 0 aliphatic carbocycles. The van der Waals surface area contributed by atoms with Crippen LogP contribution in [0.3, 0.4) is 0 Å². The molecule has 5 nitrogen and oxygen atoms in total. The molecule has 1 N–H and O–H groups in total. The van der Waals surface area contributed by atoms with E-state index >= 15 is 0 Å². The lowest BCUT2D eigenvalue weighted by Crippen LogP contribution is -2.13. The van der Waals surface area contributed by atoms with Gasteiger partial charge in [-0.3, -0.25) is 4.98 Å². The predicted molar refractivity (Wildman–Crippen MR) is 104 cm³/mol. The minimum absolute atomic E-state index is 0.323. The second kappa shape index (κ2) is 7.11. The first-order valence-corrected chi connectivity index (χ1v) is 8.87. The molecule has 0 bridgehead atoms. The Morgan fingerprint density at radius 2 is 1.96 bits per heavy atom. The van der Waals surface area contributed by atoms with Crippen LogP contribution in [-0.2, 0) is 13.0 Å². The topological polar surface area (TPSA) is 62.7 Å². The Morgan fingerprint density at radius 1 is 1.15 bits per heavy atom. The van der Waals surface area contributed by atoms with Crippen molar-refractivity contribution in [2.45, 2.75) is 20.0 Å². The van der Waals surface area contributed by atoms with Crippen LogP contribution in [0.25, 0.3) is 0 Å². The van der Waals surface area contributed by atoms with Crippen LogP contribution < -0.4 is 9.64 Å². The van der Waals surface area contributed by atoms with E-state index in [1.165, 1.54) is 5.56 Å². The summed E-state index contributed by atoms with van der Waals surface area (Å²) in [6.45, 7) is 3.34. The Labute approximate surface area is 157 Å². The molecule has 1 aromatic heterocycles. The van der Waals surface area contributed by atoms with Gasteiger partial charge in [0, 0.05) is 18.3 Å². The fourth-order valence-electron chi connectivity index (χ4n) is 3.29. The average molecular weight is 360 g/mol. The summed E-state index contributed by atoms with van der Waals surface area (Å²) in [6, 6.07) is 15.5. The van der Waals surface area contributed by atoms with Crippen molar-refractivity contribution >= 4 is 17.3 Å². The summed E-state index contributed by atoms with van der Waals surface area (Å²) in [6.07, 6.45) is 4.33. The average Bonchev–Trinajstić information content (AvgIpc) is 3.11. The zero-order chi connectivity index (χ0) is 18.8. The molecule has 0 spiro atoms. The van der Waals surface area contributed by atoms with Crippen molar-refractivity contribution in [3.63, 3.8) is 0 Å². The fraction of sp³-hybridized carbons (Fsp3) is 0.182. The monoisotopic (exact) mass is 360 g/mol. The van der Waals surface area contributed by atoms with E-state index in [2.05, 4.69) is 41.1 Å². The van der Waals surface area contributed by atoms with Gasteiger partial charge < -0.3 is 14.7 Å². The SMILES string of the molecule is Cc1ccc(COc2cncc(N3CCc4cc(C(=O)O)ccc43)c2)cc1. The molecule has 1 aliphatic heterocycles. The number of nitrogens with zero attached hydrogens (tertiary/aromatic N) is 2. The highest BCUT2D eigenvalue weighted by Gasteiger charge is 2.22. The zero-order valence-corrected chi connectivity index (χ0v) is 15.1. The third-order valence-electron chi connectivity index (χ3n) is 4.76. The number of hydrogen-bond acceptors (Lipinski definition) is 4. The summed E-state index contributed by atoms with van der Waals surface area (Å²) < 4.78 is 5.90. The molecule has 136 valence electrons. The van der Waals surface area contributed by atoms with Crippen LogP contribution in [0.4, 0.5) is 11.4 Å². The van der Waals surface area contributed by atoms with Gasteiger partial charge in [-0.2, -0.15) is 0 Å². The number of fused-ring (bicyclic) bond motifs is 1. The van der Waals surface area contributed by atoms with Gasteiger partial charge in [-0.15, -0.1) is 0 Å². The van der Waals surface area contributed by atoms with Gasteiger partial charge in [0.25, 0.3) is 0 Å². The van der Waals surface area contributed by atoms with Crippen LogP contribution >= 0.6 is 0 Å². The van der Waals surface area contributed by atoms with Gasteiger partial charge in [0.05, 0.1) is 23.6 Å². The van der Waals surface area contributed by atoms with E-state index in [4.69, 9.17) is 9.84 Å². The summed E-state index contributed by atoms with van der Waals surface area (Å²) in [5.41, 5.74) is 5.67. The first-order valence-electron chi connectivity index (χ1n) is 8.87. The minimum Gasteiger partial charge on any atom is -0.487 e. The summed E-state index contributed by atoms with van der Waals surface area (Å²) in [7, 11) is 0. The van der Waals surface area contributed by atoms with Crippen LogP contribution in [0.2, 0.25) is 0 Å². The van der Waals surface area contributed by atoms with Crippen molar-refractivity contribution in [1.29, 1.82) is 0 Å². The number of anilines is 2. The largest absolute Gasteiger partial charge is 0.487 e. The lowest BCUT2D eigenvalue weighted by Gasteiger charge is -2.20. The number of carbonyl (C=O) groups is 1. The molecular formula is C22H20N2O3. The highest BCUT2D eigenvalue weighted by atomic mass is 16.5. The van der Waals surface area contributed by atoms with Crippen LogP contribution in [0.15, 0.2) is 60.9 Å². The second-order valence-electron chi connectivity index (χ2n) is 6.70. The number of rotatable bonds is 5. The zero-order valence-electron chi connectivity index (χ0n) is 15.1. The van der Waals surface area contributed by atoms with Crippen molar-refractivity contribution in [3.05, 3.63) is 83.2 Å². The Morgan fingerprint density at radius 3 is 2.74 bits per heavy atom. The first-order chi connectivity index (χ1) is 13.1. The second-order valence-corrected chi connectivity index (χ2v) is 6.70. The van der Waals surface area contributed by atoms with E-state index in [1.807, 2.05) is 12.1 Å². The van der Waals surface area contributed by atoms with E-state index in [0.29, 0.717) is 17.9 Å². The smallest absolute Gasteiger partial charge is 0.335 e. The van der Waals surface area contributed by atoms with E-state index in [1.54, 1.807) is 24.5 Å². The fourth-order valence-corrected chi connectivity index (χ4v) is 3.29. The highest BCUT2D eigenvalue weighted by Crippen LogP contribution is 2.35. The Balaban J connectivity index is 1.52. The minimum atomic E-state index is -0.899. The number of aromatic carboxylic acids is 1. The molecule has 0 saturated heterocycles. The highest BCUT2D eigenvalue weighted by molar-refractivity contribution is 5.89. The van der Waals surface area contributed by atoms with Crippen LogP contribution in [0, 0.1) is 6.92 Å². The third-order valence-corrected chi connectivity index (χ3v) is 4.76. The Kier molecular flexibility index (Phi) is 4.50. The van der Waals surface area contributed by atoms with Gasteiger partial charge in [-0.25, -0.2) is 4.79 Å². The van der Waals surface area contributed by atoms with Gasteiger partial charge >= 0.3 is 5.97 Å². The van der Waals surface area contributed by atoms with E-state index in [9.17, 15) is 4.79 Å². The van der Waals surface area contributed by atoms with E-state index < -0.39 is 5.97 Å². The van der Waals surface area contributed by atoms with Gasteiger partial charge in [-0.1, -0.05) is 29.8 Å². The molecule has 0 amide bonds. The number of aromatic nitrogens is 1. The lowest BCUT2D eigenvalue weighted by molar-refractivity contribution is 0.0697. The maximum atomic E-state index is 11.2. The number of carboxylic acid groups (broad SMARTS) is 1. The van der Waals surface area contributed by atoms with Crippen molar-refractivity contribution in [2.24, 2.45) is 0 Å². The number of benzene rings is 2. The maximum absolute atomic E-state index is 11.2. The Bertz CT molecular complexity index is 983. The number of ether oxygens (including phenoxy) is 1. The maximum Gasteiger partial charge on any atom is 0.335 e. The molecule has 0 saturated carbocycles. The van der Waals surface area contributed by atoms with Crippen LogP contribution in [0.5, 0.6) is 5.75 Å². The normalized spacial score (nSPS) is 12.7. The van der Waals surface area contributed by atoms with Crippen molar-refractivity contribution in [3.8, 4) is 5.75 Å². The molecular weight excluding hydrogens is 340 g/mol. The molecule has 0 atom stereocenters. The Hall–Kier alpha value is -3.34. The molecule has 5 heteroatoms. The van der Waals surface area contributed by atoms with Gasteiger partial charge in [-0.05, 0) is 42.7 Å². The molecule has 1 aliphatic rings. The lowest BCUT2D eigenvalue weighted by atomic mass is 10.1. The van der Waals surface area contributed by atoms with E-state index in [-0.39, 0.29) is 0 Å². The van der Waals surface area contributed by atoms with Gasteiger partial charge in [0.15, 0.2) is 0 Å². The molecule has 3 aromatic rings. The van der Waals surface area contributed by atoms with Crippen molar-refractivity contribution in [1.82, 2.24) is 4.98 Å². The molecule has 0 radical (unpaired) electrons. The molecule has 4 rings (SSSR count). The summed E-state index contributed by atoms with van der Waals surface area (Å²) >= 11 is 0. The number of carboxylic acids is 1.